The number of aliphatic imine (C=N–C) groups is 1. The number of H-pyrrole nitrogens is 1. The molecule has 5 heteroatoms. The first-order valence-electron chi connectivity index (χ1n) is 5.20. The Morgan fingerprint density at radius 3 is 2.53 bits per heavy atom. The van der Waals surface area contributed by atoms with E-state index in [1.807, 2.05) is 30.3 Å². The minimum Gasteiger partial charge on any atom is -0.482 e. The lowest BCUT2D eigenvalue weighted by Crippen LogP contribution is -1.85. The zero-order valence-corrected chi connectivity index (χ0v) is 9.13. The van der Waals surface area contributed by atoms with E-state index in [0.29, 0.717) is 5.69 Å². The van der Waals surface area contributed by atoms with Crippen molar-refractivity contribution in [3.63, 3.8) is 0 Å². The van der Waals surface area contributed by atoms with Gasteiger partial charge in [0.05, 0.1) is 18.3 Å². The summed E-state index contributed by atoms with van der Waals surface area (Å²) in [5.41, 5.74) is 1.30. The summed E-state index contributed by atoms with van der Waals surface area (Å²) in [6.07, 6.45) is 1.49. The quantitative estimate of drug-likeness (QED) is 0.813. The number of nitrogens with zero attached hydrogens (tertiary/aromatic N) is 1. The highest BCUT2D eigenvalue weighted by molar-refractivity contribution is 5.57. The van der Waals surface area contributed by atoms with Gasteiger partial charge in [-0.05, 0) is 0 Å². The molecule has 88 valence electrons. The molecule has 2 heterocycles. The highest BCUT2D eigenvalue weighted by Gasteiger charge is 1.99. The normalized spacial score (nSPS) is 12.7. The predicted octanol–water partition coefficient (Wildman–Crippen LogP) is 1.68. The molecule has 17 heavy (non-hydrogen) atoms. The zero-order valence-electron chi connectivity index (χ0n) is 9.13. The fraction of sp³-hybridized carbons (Fsp3) is 0.167. The molecule has 0 atom stereocenters. The molecule has 0 aliphatic carbocycles. The summed E-state index contributed by atoms with van der Waals surface area (Å²) in [5.74, 6) is 0. The van der Waals surface area contributed by atoms with E-state index in [1.54, 1.807) is 0 Å². The molecule has 1 N–H and O–H groups in total. The van der Waals surface area contributed by atoms with Gasteiger partial charge in [-0.15, -0.1) is 0 Å². The fourth-order valence-corrected chi connectivity index (χ4v) is 1.31. The number of aromatic nitrogens is 1. The Balaban J connectivity index is 0.000000181. The van der Waals surface area contributed by atoms with Crippen molar-refractivity contribution < 1.29 is 9.26 Å². The molecule has 0 amide bonds. The molecule has 1 aliphatic rings. The van der Waals surface area contributed by atoms with Crippen LogP contribution in [0.1, 0.15) is 0 Å². The molecule has 0 saturated heterocycles. The van der Waals surface area contributed by atoms with Gasteiger partial charge in [0.25, 0.3) is 0 Å². The Labute approximate surface area is 97.7 Å². The lowest BCUT2D eigenvalue weighted by atomic mass is 10.2. The number of hydrogen-bond donors (Lipinski definition) is 1. The van der Waals surface area contributed by atoms with Gasteiger partial charge in [-0.2, -0.15) is 0 Å². The summed E-state index contributed by atoms with van der Waals surface area (Å²) in [5, 5.41) is 2.53. The van der Waals surface area contributed by atoms with Crippen molar-refractivity contribution >= 4 is 6.40 Å². The van der Waals surface area contributed by atoms with Crippen LogP contribution in [-0.4, -0.2) is 24.7 Å². The first-order chi connectivity index (χ1) is 8.36. The molecule has 0 unspecified atom stereocenters. The standard InChI is InChI=1S/C9H7NO2.C3H5NO/c11-9-6-8(10-12-9)7-4-2-1-3-5-7;1-2-5-3-4-1/h1-6,10H;3H,1-2H2. The number of aromatic amines is 1. The van der Waals surface area contributed by atoms with Crippen LogP contribution in [0.5, 0.6) is 0 Å². The van der Waals surface area contributed by atoms with E-state index in [2.05, 4.69) is 19.4 Å². The molecular weight excluding hydrogens is 220 g/mol. The number of ether oxygens (including phenoxy) is 1. The van der Waals surface area contributed by atoms with Gasteiger partial charge in [0, 0.05) is 5.56 Å². The van der Waals surface area contributed by atoms with Crippen molar-refractivity contribution in [3.8, 4) is 11.3 Å². The van der Waals surface area contributed by atoms with Crippen LogP contribution in [0.25, 0.3) is 11.3 Å². The summed E-state index contributed by atoms with van der Waals surface area (Å²) < 4.78 is 9.19. The van der Waals surface area contributed by atoms with Gasteiger partial charge in [-0.25, -0.2) is 9.95 Å². The van der Waals surface area contributed by atoms with E-state index in [0.717, 1.165) is 18.7 Å². The molecule has 2 aromatic rings. The smallest absolute Gasteiger partial charge is 0.357 e. The first kappa shape index (κ1) is 11.2. The second kappa shape index (κ2) is 5.69. The monoisotopic (exact) mass is 232 g/mol. The highest BCUT2D eigenvalue weighted by atomic mass is 16.5. The Hall–Kier alpha value is -2.30. The third kappa shape index (κ3) is 3.34. The number of benzene rings is 1. The van der Waals surface area contributed by atoms with Crippen LogP contribution in [0.2, 0.25) is 0 Å². The van der Waals surface area contributed by atoms with E-state index in [9.17, 15) is 4.79 Å². The highest BCUT2D eigenvalue weighted by Crippen LogP contribution is 2.13. The first-order valence-corrected chi connectivity index (χ1v) is 5.20. The average Bonchev–Trinajstić information content (AvgIpc) is 3.04. The lowest BCUT2D eigenvalue weighted by Gasteiger charge is -1.92. The van der Waals surface area contributed by atoms with Crippen LogP contribution in [-0.2, 0) is 4.74 Å². The van der Waals surface area contributed by atoms with Gasteiger partial charge < -0.3 is 9.26 Å². The largest absolute Gasteiger partial charge is 0.482 e. The minimum atomic E-state index is -0.353. The van der Waals surface area contributed by atoms with Crippen LogP contribution < -0.4 is 5.63 Å². The minimum absolute atomic E-state index is 0.353. The molecule has 3 rings (SSSR count). The number of hydrogen-bond acceptors (Lipinski definition) is 4. The Bertz CT molecular complexity index is 522. The van der Waals surface area contributed by atoms with Crippen LogP contribution in [0, 0.1) is 0 Å². The third-order valence-corrected chi connectivity index (χ3v) is 2.10. The Morgan fingerprint density at radius 2 is 2.06 bits per heavy atom. The summed E-state index contributed by atoms with van der Waals surface area (Å²) >= 11 is 0. The van der Waals surface area contributed by atoms with Crippen molar-refractivity contribution in [2.75, 3.05) is 13.2 Å². The van der Waals surface area contributed by atoms with Gasteiger partial charge in [0.1, 0.15) is 6.61 Å². The average molecular weight is 232 g/mol. The van der Waals surface area contributed by atoms with Gasteiger partial charge in [-0.3, -0.25) is 4.99 Å². The predicted molar refractivity (Wildman–Crippen MR) is 64.1 cm³/mol. The maximum Gasteiger partial charge on any atom is 0.357 e. The topological polar surface area (TPSA) is 67.6 Å². The van der Waals surface area contributed by atoms with Gasteiger partial charge in [-0.1, -0.05) is 30.3 Å². The fourth-order valence-electron chi connectivity index (χ4n) is 1.31. The van der Waals surface area contributed by atoms with Gasteiger partial charge in [0.15, 0.2) is 6.40 Å². The second-order valence-electron chi connectivity index (χ2n) is 3.33. The van der Waals surface area contributed by atoms with E-state index in [1.165, 1.54) is 12.5 Å². The zero-order chi connectivity index (χ0) is 11.9. The molecular formula is C12H12N2O3. The summed E-state index contributed by atoms with van der Waals surface area (Å²) in [6.45, 7) is 1.62. The number of nitrogens with one attached hydrogen (secondary N) is 1. The molecule has 0 fully saturated rings. The Morgan fingerprint density at radius 1 is 1.24 bits per heavy atom. The van der Waals surface area contributed by atoms with Crippen LogP contribution in [0.3, 0.4) is 0 Å². The van der Waals surface area contributed by atoms with E-state index in [-0.39, 0.29) is 5.63 Å². The van der Waals surface area contributed by atoms with E-state index >= 15 is 0 Å². The molecule has 0 radical (unpaired) electrons. The van der Waals surface area contributed by atoms with Crippen molar-refractivity contribution in [2.24, 2.45) is 4.99 Å². The summed E-state index contributed by atoms with van der Waals surface area (Å²) in [7, 11) is 0. The maximum atomic E-state index is 10.7. The summed E-state index contributed by atoms with van der Waals surface area (Å²) in [4.78, 5) is 14.4. The molecule has 1 aromatic heterocycles. The van der Waals surface area contributed by atoms with Crippen molar-refractivity contribution in [1.82, 2.24) is 5.16 Å². The second-order valence-corrected chi connectivity index (χ2v) is 3.33. The van der Waals surface area contributed by atoms with Crippen molar-refractivity contribution in [2.45, 2.75) is 0 Å². The van der Waals surface area contributed by atoms with Crippen LogP contribution in [0.4, 0.5) is 0 Å². The Kier molecular flexibility index (Phi) is 3.75. The van der Waals surface area contributed by atoms with Crippen molar-refractivity contribution in [3.05, 3.63) is 46.8 Å². The molecule has 0 saturated carbocycles. The van der Waals surface area contributed by atoms with Crippen molar-refractivity contribution in [1.29, 1.82) is 0 Å². The molecule has 0 bridgehead atoms. The molecule has 5 nitrogen and oxygen atoms in total. The molecule has 1 aliphatic heterocycles. The van der Waals surface area contributed by atoms with Gasteiger partial charge >= 0.3 is 5.63 Å². The number of rotatable bonds is 1. The maximum absolute atomic E-state index is 10.7. The van der Waals surface area contributed by atoms with Gasteiger partial charge in [0.2, 0.25) is 0 Å². The van der Waals surface area contributed by atoms with Crippen LogP contribution in [0.15, 0.2) is 50.7 Å². The lowest BCUT2D eigenvalue weighted by molar-refractivity contribution is 0.361. The SMILES string of the molecule is C1=NCCO1.O=c1cc(-c2ccccc2)[nH]o1. The van der Waals surface area contributed by atoms with E-state index < -0.39 is 0 Å². The molecule has 0 spiro atoms. The summed E-state index contributed by atoms with van der Waals surface area (Å²) in [6, 6.07) is 11.0. The third-order valence-electron chi connectivity index (χ3n) is 2.10. The van der Waals surface area contributed by atoms with Crippen LogP contribution >= 0.6 is 0 Å². The van der Waals surface area contributed by atoms with E-state index in [4.69, 9.17) is 0 Å². The molecule has 1 aromatic carbocycles.